The zero-order valence-electron chi connectivity index (χ0n) is 14.1. The van der Waals surface area contributed by atoms with Gasteiger partial charge >= 0.3 is 0 Å². The monoisotopic (exact) mass is 320 g/mol. The summed E-state index contributed by atoms with van der Waals surface area (Å²) >= 11 is 0. The first kappa shape index (κ1) is 16.5. The van der Waals surface area contributed by atoms with Crippen molar-refractivity contribution in [2.24, 2.45) is 0 Å². The third-order valence-electron chi connectivity index (χ3n) is 4.94. The molecule has 0 unspecified atom stereocenters. The zero-order chi connectivity index (χ0) is 16.1. The topological polar surface area (TPSA) is 43.7 Å². The molecule has 0 radical (unpaired) electrons. The second-order valence-electron chi connectivity index (χ2n) is 6.54. The van der Waals surface area contributed by atoms with Crippen molar-refractivity contribution < 1.29 is 14.3 Å². The average molecular weight is 320 g/mol. The molecular formula is C18H28N2O3. The number of carbonyl (C=O) groups excluding carboxylic acids is 1. The number of nitrogens with zero attached hydrogens (tertiary/aromatic N) is 2. The Morgan fingerprint density at radius 3 is 2.96 bits per heavy atom. The molecule has 1 fully saturated rings. The molecule has 0 aromatic carbocycles. The van der Waals surface area contributed by atoms with E-state index in [-0.39, 0.29) is 12.5 Å². The molecule has 1 amide bonds. The van der Waals surface area contributed by atoms with Crippen LogP contribution in [0.1, 0.15) is 50.8 Å². The molecule has 1 atom stereocenters. The van der Waals surface area contributed by atoms with Crippen molar-refractivity contribution in [3.05, 3.63) is 24.0 Å². The summed E-state index contributed by atoms with van der Waals surface area (Å²) < 4.78 is 13.6. The Morgan fingerprint density at radius 1 is 1.35 bits per heavy atom. The summed E-state index contributed by atoms with van der Waals surface area (Å²) in [6, 6.07) is 4.47. The predicted octanol–water partition coefficient (Wildman–Crippen LogP) is 2.76. The van der Waals surface area contributed by atoms with Crippen LogP contribution in [0.15, 0.2) is 18.3 Å². The minimum atomic E-state index is 0.116. The predicted molar refractivity (Wildman–Crippen MR) is 88.2 cm³/mol. The summed E-state index contributed by atoms with van der Waals surface area (Å²) in [4.78, 5) is 14.5. The highest BCUT2D eigenvalue weighted by Gasteiger charge is 2.28. The van der Waals surface area contributed by atoms with E-state index >= 15 is 0 Å². The van der Waals surface area contributed by atoms with Gasteiger partial charge in [-0.3, -0.25) is 4.79 Å². The number of hydrogen-bond acceptors (Lipinski definition) is 3. The third-order valence-corrected chi connectivity index (χ3v) is 4.94. The van der Waals surface area contributed by atoms with Crippen molar-refractivity contribution in [3.8, 4) is 0 Å². The Morgan fingerprint density at radius 2 is 2.17 bits per heavy atom. The highest BCUT2D eigenvalue weighted by Crippen LogP contribution is 2.25. The van der Waals surface area contributed by atoms with Crippen LogP contribution in [0.5, 0.6) is 0 Å². The lowest BCUT2D eigenvalue weighted by Gasteiger charge is -2.35. The summed E-state index contributed by atoms with van der Waals surface area (Å²) in [5.74, 6) is 0.116. The van der Waals surface area contributed by atoms with E-state index in [0.717, 1.165) is 39.0 Å². The molecule has 0 saturated heterocycles. The van der Waals surface area contributed by atoms with Gasteiger partial charge in [-0.2, -0.15) is 0 Å². The second-order valence-corrected chi connectivity index (χ2v) is 6.54. The largest absolute Gasteiger partial charge is 0.382 e. The number of fused-ring (bicyclic) bond motifs is 1. The molecule has 2 aliphatic rings. The molecule has 0 bridgehead atoms. The van der Waals surface area contributed by atoms with E-state index < -0.39 is 0 Å². The quantitative estimate of drug-likeness (QED) is 0.726. The molecule has 0 N–H and O–H groups in total. The van der Waals surface area contributed by atoms with E-state index in [1.807, 2.05) is 11.8 Å². The van der Waals surface area contributed by atoms with Crippen molar-refractivity contribution >= 4 is 5.91 Å². The molecular weight excluding hydrogens is 292 g/mol. The molecule has 1 aromatic rings. The van der Waals surface area contributed by atoms with Gasteiger partial charge in [0.15, 0.2) is 0 Å². The van der Waals surface area contributed by atoms with Crippen molar-refractivity contribution in [2.75, 3.05) is 26.4 Å². The summed E-state index contributed by atoms with van der Waals surface area (Å²) in [5, 5.41) is 0. The smallest absolute Gasteiger partial charge is 0.249 e. The van der Waals surface area contributed by atoms with Crippen LogP contribution in [0.2, 0.25) is 0 Å². The van der Waals surface area contributed by atoms with Crippen LogP contribution in [0.3, 0.4) is 0 Å². The molecule has 1 aromatic heterocycles. The lowest BCUT2D eigenvalue weighted by Crippen LogP contribution is -2.43. The molecule has 23 heavy (non-hydrogen) atoms. The normalized spacial score (nSPS) is 21.6. The minimum absolute atomic E-state index is 0.116. The van der Waals surface area contributed by atoms with Gasteiger partial charge in [0, 0.05) is 31.6 Å². The van der Waals surface area contributed by atoms with Crippen LogP contribution in [0.25, 0.3) is 0 Å². The number of amides is 1. The van der Waals surface area contributed by atoms with E-state index in [9.17, 15) is 4.79 Å². The van der Waals surface area contributed by atoms with E-state index in [1.54, 1.807) is 0 Å². The Hall–Kier alpha value is -1.33. The zero-order valence-corrected chi connectivity index (χ0v) is 14.1. The van der Waals surface area contributed by atoms with Crippen LogP contribution in [0, 0.1) is 0 Å². The van der Waals surface area contributed by atoms with Gasteiger partial charge in [-0.15, -0.1) is 0 Å². The molecule has 3 rings (SSSR count). The highest BCUT2D eigenvalue weighted by molar-refractivity contribution is 5.77. The summed E-state index contributed by atoms with van der Waals surface area (Å²) in [6.45, 7) is 5.15. The molecule has 1 aliphatic carbocycles. The maximum Gasteiger partial charge on any atom is 0.249 e. The molecule has 1 saturated carbocycles. The fraction of sp³-hybridized carbons (Fsp3) is 0.722. The lowest BCUT2D eigenvalue weighted by atomic mass is 10.1. The maximum atomic E-state index is 12.5. The van der Waals surface area contributed by atoms with Crippen molar-refractivity contribution in [2.45, 2.75) is 57.7 Å². The van der Waals surface area contributed by atoms with Gasteiger partial charge in [0.25, 0.3) is 0 Å². The Bertz CT molecular complexity index is 508. The summed E-state index contributed by atoms with van der Waals surface area (Å²) in [7, 11) is 0. The van der Waals surface area contributed by atoms with Gasteiger partial charge in [0.1, 0.15) is 6.61 Å². The number of carbonyl (C=O) groups is 1. The maximum absolute atomic E-state index is 12.5. The van der Waals surface area contributed by atoms with Gasteiger partial charge in [0.2, 0.25) is 5.91 Å². The van der Waals surface area contributed by atoms with Crippen LogP contribution in [-0.2, 0) is 20.8 Å². The Labute approximate surface area is 138 Å². The Balaban J connectivity index is 1.56. The number of aromatic nitrogens is 1. The van der Waals surface area contributed by atoms with Gasteiger partial charge in [0.05, 0.1) is 18.7 Å². The SMILES string of the molecule is CCOCC[C@@H]1CN(C(=O)COC2CCCC2)Cc2cccn21. The van der Waals surface area contributed by atoms with E-state index in [1.165, 1.54) is 18.5 Å². The fourth-order valence-corrected chi connectivity index (χ4v) is 3.64. The molecule has 0 spiro atoms. The van der Waals surface area contributed by atoms with E-state index in [0.29, 0.717) is 18.7 Å². The molecule has 5 nitrogen and oxygen atoms in total. The first-order valence-corrected chi connectivity index (χ1v) is 8.90. The van der Waals surface area contributed by atoms with Gasteiger partial charge < -0.3 is 18.9 Å². The summed E-state index contributed by atoms with van der Waals surface area (Å²) in [6.07, 6.45) is 8.01. The first-order valence-electron chi connectivity index (χ1n) is 8.90. The molecule has 128 valence electrons. The van der Waals surface area contributed by atoms with Crippen LogP contribution < -0.4 is 0 Å². The van der Waals surface area contributed by atoms with Crippen molar-refractivity contribution in [3.63, 3.8) is 0 Å². The molecule has 1 aliphatic heterocycles. The standard InChI is InChI=1S/C18H28N2O3/c1-2-22-11-9-16-13-19(12-15-6-5-10-20(15)16)18(21)14-23-17-7-3-4-8-17/h5-6,10,16-17H,2-4,7-9,11-14H2,1H3/t16-/m1/s1. The average Bonchev–Trinajstić information content (AvgIpc) is 3.23. The van der Waals surface area contributed by atoms with Crippen molar-refractivity contribution in [1.29, 1.82) is 0 Å². The van der Waals surface area contributed by atoms with Crippen molar-refractivity contribution in [1.82, 2.24) is 9.47 Å². The lowest BCUT2D eigenvalue weighted by molar-refractivity contribution is -0.140. The third kappa shape index (κ3) is 4.15. The number of ether oxygens (including phenoxy) is 2. The molecule has 5 heteroatoms. The Kier molecular flexibility index (Phi) is 5.73. The number of rotatable bonds is 7. The summed E-state index contributed by atoms with van der Waals surface area (Å²) in [5.41, 5.74) is 1.20. The van der Waals surface area contributed by atoms with Gasteiger partial charge in [-0.1, -0.05) is 12.8 Å². The van der Waals surface area contributed by atoms with E-state index in [2.05, 4.69) is 22.9 Å². The highest BCUT2D eigenvalue weighted by atomic mass is 16.5. The van der Waals surface area contributed by atoms with E-state index in [4.69, 9.17) is 9.47 Å². The minimum Gasteiger partial charge on any atom is -0.382 e. The van der Waals surface area contributed by atoms with Crippen LogP contribution in [0.4, 0.5) is 0 Å². The fourth-order valence-electron chi connectivity index (χ4n) is 3.64. The van der Waals surface area contributed by atoms with Gasteiger partial charge in [-0.25, -0.2) is 0 Å². The van der Waals surface area contributed by atoms with Crippen LogP contribution >= 0.6 is 0 Å². The second kappa shape index (κ2) is 7.97. The number of hydrogen-bond donors (Lipinski definition) is 0. The van der Waals surface area contributed by atoms with Crippen LogP contribution in [-0.4, -0.2) is 47.8 Å². The first-order chi connectivity index (χ1) is 11.3. The van der Waals surface area contributed by atoms with Gasteiger partial charge in [-0.05, 0) is 38.3 Å². The molecule has 2 heterocycles.